The van der Waals surface area contributed by atoms with Crippen LogP contribution in [0.5, 0.6) is 0 Å². The number of nitrogens with one attached hydrogen (secondary N) is 1. The van der Waals surface area contributed by atoms with Gasteiger partial charge in [-0.15, -0.1) is 4.68 Å². The predicted molar refractivity (Wildman–Crippen MR) is 37.8 cm³/mol. The zero-order valence-electron chi connectivity index (χ0n) is 7.55. The van der Waals surface area contributed by atoms with Crippen LogP contribution in [0.25, 0.3) is 0 Å². The third-order valence-corrected chi connectivity index (χ3v) is 1.35. The van der Waals surface area contributed by atoms with E-state index >= 15 is 0 Å². The van der Waals surface area contributed by atoms with E-state index in [0.29, 0.717) is 0 Å². The van der Waals surface area contributed by atoms with Crippen LogP contribution < -0.4 is 9.79 Å². The van der Waals surface area contributed by atoms with Gasteiger partial charge in [0.1, 0.15) is 5.97 Å². The Morgan fingerprint density at radius 3 is 2.07 bits per heavy atom. The Kier molecular flexibility index (Phi) is 4.13. The molecule has 7 heteroatoms. The van der Waals surface area contributed by atoms with Crippen LogP contribution in [0.4, 0.5) is 13.2 Å². The van der Waals surface area contributed by atoms with Crippen molar-refractivity contribution in [1.29, 1.82) is 0 Å². The first-order chi connectivity index (χ1) is 6.25. The highest BCUT2D eigenvalue weighted by molar-refractivity contribution is 5.70. The first-order valence-electron chi connectivity index (χ1n) is 3.53. The number of carboxylic acid groups (broad SMARTS) is 1. The van der Waals surface area contributed by atoms with E-state index in [-0.39, 0.29) is 0 Å². The number of rotatable bonds is 0. The molecule has 0 saturated heterocycles. The van der Waals surface area contributed by atoms with Crippen LogP contribution in [0.2, 0.25) is 0 Å². The molecule has 0 spiro atoms. The normalized spacial score (nSPS) is 10.4. The largest absolute Gasteiger partial charge is 0.542 e. The molecule has 1 aromatic heterocycles. The lowest BCUT2D eigenvalue weighted by molar-refractivity contribution is -0.732. The van der Waals surface area contributed by atoms with Crippen molar-refractivity contribution in [2.75, 3.05) is 0 Å². The average Bonchev–Trinajstić information content (AvgIpc) is 2.35. The third kappa shape index (κ3) is 4.48. The summed E-state index contributed by atoms with van der Waals surface area (Å²) in [6.07, 6.45) is -3.28. The van der Waals surface area contributed by atoms with E-state index in [1.54, 1.807) is 0 Å². The van der Waals surface area contributed by atoms with E-state index in [0.717, 1.165) is 0 Å². The van der Waals surface area contributed by atoms with Gasteiger partial charge in [0, 0.05) is 13.0 Å². The number of carboxylic acids is 1. The smallest absolute Gasteiger partial charge is 0.430 e. The van der Waals surface area contributed by atoms with E-state index in [9.17, 15) is 13.2 Å². The second-order valence-electron chi connectivity index (χ2n) is 2.45. The molecule has 0 aromatic carbocycles. The van der Waals surface area contributed by atoms with Crippen molar-refractivity contribution in [3.63, 3.8) is 0 Å². The molecule has 4 nitrogen and oxygen atoms in total. The Morgan fingerprint density at radius 2 is 2.00 bits per heavy atom. The van der Waals surface area contributed by atoms with Gasteiger partial charge in [-0.05, 0) is 0 Å². The minimum absolute atomic E-state index is 1.25. The molecule has 0 amide bonds. The molecule has 0 atom stereocenters. The minimum Gasteiger partial charge on any atom is -0.542 e. The first kappa shape index (κ1) is 12.5. The Morgan fingerprint density at radius 1 is 1.57 bits per heavy atom. The Labute approximate surface area is 78.0 Å². The van der Waals surface area contributed by atoms with Gasteiger partial charge in [-0.1, -0.05) is 0 Å². The molecule has 0 aliphatic rings. The molecule has 0 saturated carbocycles. The van der Waals surface area contributed by atoms with E-state index in [2.05, 4.69) is 12.0 Å². The van der Waals surface area contributed by atoms with Crippen LogP contribution in [0.1, 0.15) is 5.69 Å². The maximum absolute atomic E-state index is 10.5. The maximum atomic E-state index is 10.5. The number of nitrogens with zero attached hydrogens (tertiary/aromatic N) is 1. The predicted octanol–water partition coefficient (Wildman–Crippen LogP) is -0.554. The molecule has 1 aromatic rings. The Hall–Kier alpha value is -1.53. The van der Waals surface area contributed by atoms with Crippen molar-refractivity contribution in [1.82, 2.24) is 5.10 Å². The van der Waals surface area contributed by atoms with Gasteiger partial charge in [-0.25, -0.2) is 0 Å². The molecular formula is C7H9F3N2O2. The Balaban J connectivity index is 0.000000241. The van der Waals surface area contributed by atoms with Gasteiger partial charge in [0.15, 0.2) is 7.05 Å². The molecule has 0 fully saturated rings. The number of aryl methyl sites for hydroxylation is 2. The zero-order valence-corrected chi connectivity index (χ0v) is 7.55. The van der Waals surface area contributed by atoms with Crippen molar-refractivity contribution in [2.24, 2.45) is 7.05 Å². The number of carbonyl (C=O) groups excluding carboxylic acids is 1. The van der Waals surface area contributed by atoms with Crippen LogP contribution in [0.3, 0.4) is 0 Å². The number of halogens is 3. The fraction of sp³-hybridized carbons (Fsp3) is 0.429. The second-order valence-corrected chi connectivity index (χ2v) is 2.45. The highest BCUT2D eigenvalue weighted by Crippen LogP contribution is 2.11. The first-order valence-corrected chi connectivity index (χ1v) is 3.53. The fourth-order valence-corrected chi connectivity index (χ4v) is 0.483. The quantitative estimate of drug-likeness (QED) is 0.584. The Bertz CT molecular complexity index is 290. The van der Waals surface area contributed by atoms with Gasteiger partial charge in [-0.3, -0.25) is 0 Å². The van der Waals surface area contributed by atoms with Gasteiger partial charge in [0.2, 0.25) is 5.69 Å². The van der Waals surface area contributed by atoms with Gasteiger partial charge in [0.25, 0.3) is 0 Å². The molecule has 14 heavy (non-hydrogen) atoms. The van der Waals surface area contributed by atoms with Gasteiger partial charge in [0.05, 0.1) is 6.20 Å². The van der Waals surface area contributed by atoms with Gasteiger partial charge >= 0.3 is 6.18 Å². The standard InChI is InChI=1S/C5H8N2.C2HF3O2/c1-5-3-4-6-7(5)2;3-2(4,5)1(6)7/h3-4H,1-2H3;(H,6,7). The van der Waals surface area contributed by atoms with Crippen LogP contribution in [0, 0.1) is 6.92 Å². The monoisotopic (exact) mass is 210 g/mol. The summed E-state index contributed by atoms with van der Waals surface area (Å²) in [6.45, 7) is 2.05. The molecule has 0 radical (unpaired) electrons. The number of aromatic nitrogens is 2. The van der Waals surface area contributed by atoms with Crippen LogP contribution in [-0.4, -0.2) is 17.2 Å². The number of H-pyrrole nitrogens is 1. The molecule has 1 rings (SSSR count). The number of hydrogen-bond donors (Lipinski definition) is 1. The van der Waals surface area contributed by atoms with E-state index in [1.807, 2.05) is 24.0 Å². The maximum Gasteiger partial charge on any atom is 0.430 e. The number of aromatic amines is 1. The zero-order chi connectivity index (χ0) is 11.4. The number of carbonyl (C=O) groups is 1. The van der Waals surface area contributed by atoms with Crippen molar-refractivity contribution in [3.8, 4) is 0 Å². The topological polar surface area (TPSA) is 59.8 Å². The van der Waals surface area contributed by atoms with Crippen molar-refractivity contribution in [3.05, 3.63) is 18.0 Å². The summed E-state index contributed by atoms with van der Waals surface area (Å²) in [5, 5.41) is 11.8. The highest BCUT2D eigenvalue weighted by atomic mass is 19.4. The summed E-state index contributed by atoms with van der Waals surface area (Å²) in [7, 11) is 1.98. The third-order valence-electron chi connectivity index (χ3n) is 1.35. The average molecular weight is 210 g/mol. The van der Waals surface area contributed by atoms with E-state index < -0.39 is 12.1 Å². The molecule has 0 unspecified atom stereocenters. The lowest BCUT2D eigenvalue weighted by Gasteiger charge is -2.03. The molecule has 0 aliphatic carbocycles. The van der Waals surface area contributed by atoms with Crippen molar-refractivity contribution >= 4 is 5.97 Å². The molecule has 1 heterocycles. The van der Waals surface area contributed by atoms with Gasteiger partial charge in [-0.2, -0.15) is 18.3 Å². The molecule has 0 bridgehead atoms. The number of alkyl halides is 3. The van der Waals surface area contributed by atoms with Crippen LogP contribution >= 0.6 is 0 Å². The number of hydrogen-bond acceptors (Lipinski definition) is 2. The SMILES string of the molecule is Cc1cc[nH][n+]1C.O=C([O-])C(F)(F)F. The summed E-state index contributed by atoms with van der Waals surface area (Å²) < 4.78 is 33.5. The summed E-state index contributed by atoms with van der Waals surface area (Å²) in [4.78, 5) is 8.78. The molecule has 0 aliphatic heterocycles. The van der Waals surface area contributed by atoms with Crippen molar-refractivity contribution in [2.45, 2.75) is 13.1 Å². The second kappa shape index (κ2) is 4.64. The van der Waals surface area contributed by atoms with Crippen LogP contribution in [-0.2, 0) is 11.8 Å². The van der Waals surface area contributed by atoms with Gasteiger partial charge < -0.3 is 9.90 Å². The highest BCUT2D eigenvalue weighted by Gasteiger charge is 2.28. The fourth-order valence-electron chi connectivity index (χ4n) is 0.483. The van der Waals surface area contributed by atoms with E-state index in [4.69, 9.17) is 9.90 Å². The summed E-state index contributed by atoms with van der Waals surface area (Å²) in [6, 6.07) is 2.03. The van der Waals surface area contributed by atoms with E-state index in [1.165, 1.54) is 5.69 Å². The lowest BCUT2D eigenvalue weighted by atomic mass is 10.5. The summed E-state index contributed by atoms with van der Waals surface area (Å²) in [5.74, 6) is -3.01. The molecule has 80 valence electrons. The summed E-state index contributed by atoms with van der Waals surface area (Å²) in [5.41, 5.74) is 1.25. The lowest BCUT2D eigenvalue weighted by Crippen LogP contribution is -2.37. The van der Waals surface area contributed by atoms with Crippen LogP contribution in [0.15, 0.2) is 12.3 Å². The number of aliphatic carboxylic acids is 1. The molecule has 1 N–H and O–H groups in total. The van der Waals surface area contributed by atoms with Crippen molar-refractivity contribution < 1.29 is 27.8 Å². The minimum atomic E-state index is -5.19. The molecular weight excluding hydrogens is 201 g/mol. The summed E-state index contributed by atoms with van der Waals surface area (Å²) >= 11 is 0.